The number of benzene rings is 1. The highest BCUT2D eigenvalue weighted by atomic mass is 19.4. The lowest BCUT2D eigenvalue weighted by Crippen LogP contribution is -2.43. The lowest BCUT2D eigenvalue weighted by molar-refractivity contribution is -0.137. The molecular weight excluding hydrogens is 281 g/mol. The van der Waals surface area contributed by atoms with E-state index in [4.69, 9.17) is 0 Å². The van der Waals surface area contributed by atoms with Crippen LogP contribution in [0.25, 0.3) is 0 Å². The highest BCUT2D eigenvalue weighted by Crippen LogP contribution is 2.29. The lowest BCUT2D eigenvalue weighted by atomic mass is 10.1. The zero-order chi connectivity index (χ0) is 15.3. The van der Waals surface area contributed by atoms with E-state index in [1.54, 1.807) is 0 Å². The maximum absolute atomic E-state index is 12.4. The fourth-order valence-electron chi connectivity index (χ4n) is 2.38. The van der Waals surface area contributed by atoms with Gasteiger partial charge in [0.25, 0.3) is 0 Å². The monoisotopic (exact) mass is 300 g/mol. The van der Waals surface area contributed by atoms with E-state index in [2.05, 4.69) is 10.6 Å². The van der Waals surface area contributed by atoms with E-state index in [0.717, 1.165) is 44.4 Å². The molecule has 2 rings (SSSR count). The van der Waals surface area contributed by atoms with Gasteiger partial charge in [-0.05, 0) is 37.1 Å². The average molecular weight is 300 g/mol. The predicted octanol–water partition coefficient (Wildman–Crippen LogP) is 2.85. The molecule has 1 atom stereocenters. The largest absolute Gasteiger partial charge is 0.416 e. The molecule has 0 spiro atoms. The first-order chi connectivity index (χ1) is 9.97. The number of rotatable bonds is 3. The van der Waals surface area contributed by atoms with Crippen LogP contribution in [-0.4, -0.2) is 18.5 Å². The molecule has 1 aromatic carbocycles. The van der Waals surface area contributed by atoms with Crippen LogP contribution in [0.3, 0.4) is 0 Å². The lowest BCUT2D eigenvalue weighted by Gasteiger charge is -2.15. The van der Waals surface area contributed by atoms with Gasteiger partial charge in [0.05, 0.1) is 11.6 Å². The number of amides is 1. The van der Waals surface area contributed by atoms with Gasteiger partial charge >= 0.3 is 6.18 Å². The molecule has 3 nitrogen and oxygen atoms in total. The third-order valence-corrected chi connectivity index (χ3v) is 3.62. The van der Waals surface area contributed by atoms with Crippen molar-refractivity contribution in [1.29, 1.82) is 0 Å². The van der Waals surface area contributed by atoms with Crippen LogP contribution >= 0.6 is 0 Å². The fraction of sp³-hybridized carbons (Fsp3) is 0.533. The Balaban J connectivity index is 1.86. The van der Waals surface area contributed by atoms with Crippen LogP contribution in [0.15, 0.2) is 24.3 Å². The summed E-state index contributed by atoms with van der Waals surface area (Å²) >= 11 is 0. The van der Waals surface area contributed by atoms with Crippen molar-refractivity contribution in [1.82, 2.24) is 10.6 Å². The van der Waals surface area contributed by atoms with Gasteiger partial charge in [-0.15, -0.1) is 0 Å². The van der Waals surface area contributed by atoms with Gasteiger partial charge in [-0.2, -0.15) is 13.2 Å². The molecule has 21 heavy (non-hydrogen) atoms. The van der Waals surface area contributed by atoms with Gasteiger partial charge in [0.1, 0.15) is 0 Å². The Morgan fingerprint density at radius 1 is 1.19 bits per heavy atom. The fourth-order valence-corrected chi connectivity index (χ4v) is 2.38. The summed E-state index contributed by atoms with van der Waals surface area (Å²) in [6, 6.07) is 4.66. The molecule has 0 aliphatic carbocycles. The van der Waals surface area contributed by atoms with Gasteiger partial charge in [0, 0.05) is 6.54 Å². The number of nitrogens with one attached hydrogen (secondary N) is 2. The topological polar surface area (TPSA) is 41.1 Å². The molecule has 116 valence electrons. The maximum Gasteiger partial charge on any atom is 0.416 e. The first-order valence-corrected chi connectivity index (χ1v) is 7.14. The number of hydrogen-bond donors (Lipinski definition) is 2. The molecule has 1 amide bonds. The number of hydrogen-bond acceptors (Lipinski definition) is 2. The van der Waals surface area contributed by atoms with Crippen molar-refractivity contribution in [3.05, 3.63) is 35.4 Å². The van der Waals surface area contributed by atoms with Crippen molar-refractivity contribution in [2.45, 2.75) is 44.4 Å². The first kappa shape index (κ1) is 15.8. The molecule has 0 saturated carbocycles. The molecule has 1 aliphatic rings. The van der Waals surface area contributed by atoms with Crippen LogP contribution in [0.5, 0.6) is 0 Å². The van der Waals surface area contributed by atoms with E-state index < -0.39 is 11.7 Å². The molecule has 1 fully saturated rings. The minimum absolute atomic E-state index is 0.0863. The molecule has 2 N–H and O–H groups in total. The Hall–Kier alpha value is -1.56. The summed E-state index contributed by atoms with van der Waals surface area (Å²) in [4.78, 5) is 12.0. The molecule has 1 aromatic rings. The van der Waals surface area contributed by atoms with E-state index in [-0.39, 0.29) is 18.5 Å². The number of halogens is 3. The van der Waals surface area contributed by atoms with Crippen molar-refractivity contribution < 1.29 is 18.0 Å². The van der Waals surface area contributed by atoms with Crippen molar-refractivity contribution in [3.8, 4) is 0 Å². The Morgan fingerprint density at radius 3 is 2.57 bits per heavy atom. The third-order valence-electron chi connectivity index (χ3n) is 3.62. The van der Waals surface area contributed by atoms with Crippen molar-refractivity contribution in [2.75, 3.05) is 6.54 Å². The summed E-state index contributed by atoms with van der Waals surface area (Å²) in [5.74, 6) is -0.0863. The van der Waals surface area contributed by atoms with E-state index in [0.29, 0.717) is 5.56 Å². The van der Waals surface area contributed by atoms with Crippen LogP contribution in [0, 0.1) is 0 Å². The van der Waals surface area contributed by atoms with Crippen LogP contribution in [0.2, 0.25) is 0 Å². The molecule has 1 heterocycles. The summed E-state index contributed by atoms with van der Waals surface area (Å²) < 4.78 is 37.3. The predicted molar refractivity (Wildman–Crippen MR) is 73.5 cm³/mol. The number of alkyl halides is 3. The van der Waals surface area contributed by atoms with Crippen molar-refractivity contribution >= 4 is 5.91 Å². The first-order valence-electron chi connectivity index (χ1n) is 7.14. The summed E-state index contributed by atoms with van der Waals surface area (Å²) in [5.41, 5.74) is -0.0204. The van der Waals surface area contributed by atoms with Gasteiger partial charge in [-0.1, -0.05) is 25.0 Å². The Kier molecular flexibility index (Phi) is 5.22. The second-order valence-electron chi connectivity index (χ2n) is 5.27. The summed E-state index contributed by atoms with van der Waals surface area (Å²) in [7, 11) is 0. The van der Waals surface area contributed by atoms with Gasteiger partial charge in [0.2, 0.25) is 5.91 Å². The summed E-state index contributed by atoms with van der Waals surface area (Å²) in [6.45, 7) is 1.08. The van der Waals surface area contributed by atoms with Gasteiger partial charge in [0.15, 0.2) is 0 Å². The third kappa shape index (κ3) is 4.74. The summed E-state index contributed by atoms with van der Waals surface area (Å²) in [5, 5.41) is 5.96. The van der Waals surface area contributed by atoms with E-state index in [1.165, 1.54) is 12.1 Å². The molecular formula is C15H19F3N2O. The highest BCUT2D eigenvalue weighted by molar-refractivity contribution is 5.81. The van der Waals surface area contributed by atoms with Crippen LogP contribution in [0.1, 0.15) is 36.8 Å². The zero-order valence-electron chi connectivity index (χ0n) is 11.7. The molecule has 0 bridgehead atoms. The van der Waals surface area contributed by atoms with Gasteiger partial charge in [-0.3, -0.25) is 4.79 Å². The molecule has 1 unspecified atom stereocenters. The van der Waals surface area contributed by atoms with Gasteiger partial charge in [-0.25, -0.2) is 0 Å². The second-order valence-corrected chi connectivity index (χ2v) is 5.27. The van der Waals surface area contributed by atoms with Crippen LogP contribution < -0.4 is 10.6 Å². The normalized spacial score (nSPS) is 19.9. The average Bonchev–Trinajstić information content (AvgIpc) is 2.73. The number of carbonyl (C=O) groups is 1. The minimum atomic E-state index is -4.33. The zero-order valence-corrected chi connectivity index (χ0v) is 11.7. The molecule has 6 heteroatoms. The molecule has 1 saturated heterocycles. The Morgan fingerprint density at radius 2 is 1.90 bits per heavy atom. The highest BCUT2D eigenvalue weighted by Gasteiger charge is 2.29. The Bertz CT molecular complexity index is 463. The summed E-state index contributed by atoms with van der Waals surface area (Å²) in [6.07, 6.45) is -0.311. The van der Waals surface area contributed by atoms with Crippen molar-refractivity contribution in [2.24, 2.45) is 0 Å². The standard InChI is InChI=1S/C15H19F3N2O/c16-15(17,18)12-7-5-11(6-8-12)10-20-14(21)13-4-2-1-3-9-19-13/h5-8,13,19H,1-4,9-10H2,(H,20,21). The van der Waals surface area contributed by atoms with Crippen LogP contribution in [0.4, 0.5) is 13.2 Å². The SMILES string of the molecule is O=C(NCc1ccc(C(F)(F)F)cc1)C1CCCCCN1. The minimum Gasteiger partial charge on any atom is -0.351 e. The quantitative estimate of drug-likeness (QED) is 0.901. The van der Waals surface area contributed by atoms with Crippen molar-refractivity contribution in [3.63, 3.8) is 0 Å². The number of carbonyl (C=O) groups excluding carboxylic acids is 1. The van der Waals surface area contributed by atoms with Crippen LogP contribution in [-0.2, 0) is 17.5 Å². The second kappa shape index (κ2) is 6.93. The Labute approximate surface area is 121 Å². The van der Waals surface area contributed by atoms with E-state index in [9.17, 15) is 18.0 Å². The molecule has 1 aliphatic heterocycles. The van der Waals surface area contributed by atoms with Gasteiger partial charge < -0.3 is 10.6 Å². The smallest absolute Gasteiger partial charge is 0.351 e. The molecule has 0 radical (unpaired) electrons. The van der Waals surface area contributed by atoms with E-state index >= 15 is 0 Å². The maximum atomic E-state index is 12.4. The van der Waals surface area contributed by atoms with E-state index in [1.807, 2.05) is 0 Å². The molecule has 0 aromatic heterocycles.